The summed E-state index contributed by atoms with van der Waals surface area (Å²) in [6, 6.07) is 20.3. The molecule has 0 saturated heterocycles. The molecule has 0 aliphatic rings. The number of furan rings is 1. The summed E-state index contributed by atoms with van der Waals surface area (Å²) >= 11 is 0. The third-order valence-electron chi connectivity index (χ3n) is 5.73. The molecule has 0 unspecified atom stereocenters. The van der Waals surface area contributed by atoms with Crippen LogP contribution in [0.15, 0.2) is 77.4 Å². The molecule has 0 aliphatic carbocycles. The van der Waals surface area contributed by atoms with E-state index in [0.29, 0.717) is 18.9 Å². The second kappa shape index (κ2) is 9.78. The molecule has 0 fully saturated rings. The molecule has 4 rings (SSSR count). The van der Waals surface area contributed by atoms with Crippen molar-refractivity contribution in [1.29, 1.82) is 0 Å². The SMILES string of the molecule is CCOc1cc2occ(-c3ccc(C)cc3C)c2cc1/C(C)=C/C(=O)NCc1ccccc1. The van der Waals surface area contributed by atoms with Crippen LogP contribution in [0.2, 0.25) is 0 Å². The van der Waals surface area contributed by atoms with Gasteiger partial charge in [0, 0.05) is 35.2 Å². The Balaban J connectivity index is 1.69. The van der Waals surface area contributed by atoms with Crippen LogP contribution in [0.3, 0.4) is 0 Å². The molecule has 4 heteroatoms. The molecule has 1 aromatic heterocycles. The molecule has 0 atom stereocenters. The lowest BCUT2D eigenvalue weighted by Gasteiger charge is -2.12. The van der Waals surface area contributed by atoms with Gasteiger partial charge in [0.1, 0.15) is 11.3 Å². The summed E-state index contributed by atoms with van der Waals surface area (Å²) in [6.07, 6.45) is 3.43. The first kappa shape index (κ1) is 22.4. The minimum Gasteiger partial charge on any atom is -0.493 e. The van der Waals surface area contributed by atoms with E-state index in [-0.39, 0.29) is 5.91 Å². The average molecular weight is 440 g/mol. The summed E-state index contributed by atoms with van der Waals surface area (Å²) in [6.45, 7) is 9.09. The first-order valence-electron chi connectivity index (χ1n) is 11.2. The molecule has 0 aliphatic heterocycles. The van der Waals surface area contributed by atoms with Crippen molar-refractivity contribution in [1.82, 2.24) is 5.32 Å². The van der Waals surface area contributed by atoms with E-state index in [0.717, 1.165) is 38.8 Å². The van der Waals surface area contributed by atoms with Crippen molar-refractivity contribution in [2.75, 3.05) is 6.61 Å². The lowest BCUT2D eigenvalue weighted by Crippen LogP contribution is -2.20. The summed E-state index contributed by atoms with van der Waals surface area (Å²) in [5, 5.41) is 3.96. The average Bonchev–Trinajstić information content (AvgIpc) is 3.20. The Morgan fingerprint density at radius 1 is 1.03 bits per heavy atom. The van der Waals surface area contributed by atoms with Gasteiger partial charge in [-0.15, -0.1) is 0 Å². The number of carbonyl (C=O) groups excluding carboxylic acids is 1. The van der Waals surface area contributed by atoms with Gasteiger partial charge in [0.2, 0.25) is 5.91 Å². The van der Waals surface area contributed by atoms with Gasteiger partial charge in [-0.05, 0) is 56.0 Å². The van der Waals surface area contributed by atoms with Crippen LogP contribution < -0.4 is 10.1 Å². The lowest BCUT2D eigenvalue weighted by atomic mass is 9.96. The van der Waals surface area contributed by atoms with Gasteiger partial charge in [0.15, 0.2) is 0 Å². The molecule has 4 aromatic rings. The Labute approximate surface area is 194 Å². The normalized spacial score (nSPS) is 11.6. The van der Waals surface area contributed by atoms with Crippen LogP contribution in [0.1, 0.15) is 36.1 Å². The van der Waals surface area contributed by atoms with Crippen molar-refractivity contribution < 1.29 is 13.9 Å². The number of nitrogens with one attached hydrogen (secondary N) is 1. The molecule has 168 valence electrons. The van der Waals surface area contributed by atoms with Gasteiger partial charge < -0.3 is 14.5 Å². The Hall–Kier alpha value is -3.79. The molecule has 0 radical (unpaired) electrons. The maximum Gasteiger partial charge on any atom is 0.244 e. The third-order valence-corrected chi connectivity index (χ3v) is 5.73. The summed E-state index contributed by atoms with van der Waals surface area (Å²) in [7, 11) is 0. The maximum absolute atomic E-state index is 12.6. The van der Waals surface area contributed by atoms with E-state index in [9.17, 15) is 4.79 Å². The minimum absolute atomic E-state index is 0.138. The smallest absolute Gasteiger partial charge is 0.244 e. The van der Waals surface area contributed by atoms with Crippen molar-refractivity contribution in [3.05, 3.63) is 95.3 Å². The zero-order valence-corrected chi connectivity index (χ0v) is 19.6. The predicted molar refractivity (Wildman–Crippen MR) is 134 cm³/mol. The molecular formula is C29H29NO3. The fourth-order valence-corrected chi connectivity index (χ4v) is 4.07. The highest BCUT2D eigenvalue weighted by Gasteiger charge is 2.16. The van der Waals surface area contributed by atoms with Gasteiger partial charge in [-0.3, -0.25) is 4.79 Å². The van der Waals surface area contributed by atoms with Crippen LogP contribution in [-0.2, 0) is 11.3 Å². The van der Waals surface area contributed by atoms with E-state index in [2.05, 4.69) is 43.4 Å². The summed E-state index contributed by atoms with van der Waals surface area (Å²) in [5.74, 6) is 0.567. The number of hydrogen-bond acceptors (Lipinski definition) is 3. The molecule has 1 heterocycles. The molecule has 3 aromatic carbocycles. The van der Waals surface area contributed by atoms with Crippen molar-refractivity contribution >= 4 is 22.4 Å². The molecule has 0 bridgehead atoms. The van der Waals surface area contributed by atoms with E-state index >= 15 is 0 Å². The second-order valence-electron chi connectivity index (χ2n) is 8.28. The standard InChI is InChI=1S/C29H29NO3/c1-5-32-27-16-28-25(26(18-33-28)23-12-11-19(2)13-20(23)3)15-24(27)21(4)14-29(31)30-17-22-9-7-6-8-10-22/h6-16,18H,5,17H2,1-4H3,(H,30,31)/b21-14+. The molecule has 1 N–H and O–H groups in total. The van der Waals surface area contributed by atoms with Crippen molar-refractivity contribution in [3.8, 4) is 16.9 Å². The highest BCUT2D eigenvalue weighted by atomic mass is 16.5. The molecule has 1 amide bonds. The lowest BCUT2D eigenvalue weighted by molar-refractivity contribution is -0.116. The number of aryl methyl sites for hydroxylation is 2. The first-order chi connectivity index (χ1) is 16.0. The van der Waals surface area contributed by atoms with E-state index < -0.39 is 0 Å². The largest absolute Gasteiger partial charge is 0.493 e. The number of fused-ring (bicyclic) bond motifs is 1. The number of amides is 1. The molecular weight excluding hydrogens is 410 g/mol. The van der Waals surface area contributed by atoms with E-state index in [1.54, 1.807) is 12.3 Å². The summed E-state index contributed by atoms with van der Waals surface area (Å²) in [5.41, 5.74) is 8.13. The van der Waals surface area contributed by atoms with E-state index in [1.807, 2.05) is 50.2 Å². The number of carbonyl (C=O) groups is 1. The fraction of sp³-hybridized carbons (Fsp3) is 0.207. The summed E-state index contributed by atoms with van der Waals surface area (Å²) < 4.78 is 11.8. The van der Waals surface area contributed by atoms with Crippen molar-refractivity contribution in [3.63, 3.8) is 0 Å². The van der Waals surface area contributed by atoms with Crippen LogP contribution in [0.5, 0.6) is 5.75 Å². The predicted octanol–water partition coefficient (Wildman–Crippen LogP) is 6.84. The monoisotopic (exact) mass is 439 g/mol. The second-order valence-corrected chi connectivity index (χ2v) is 8.28. The Morgan fingerprint density at radius 3 is 2.55 bits per heavy atom. The topological polar surface area (TPSA) is 51.5 Å². The highest BCUT2D eigenvalue weighted by Crippen LogP contribution is 2.38. The first-order valence-corrected chi connectivity index (χ1v) is 11.2. The minimum atomic E-state index is -0.138. The molecule has 33 heavy (non-hydrogen) atoms. The van der Waals surface area contributed by atoms with Gasteiger partial charge in [-0.1, -0.05) is 54.1 Å². The van der Waals surface area contributed by atoms with E-state index in [4.69, 9.17) is 9.15 Å². The zero-order valence-electron chi connectivity index (χ0n) is 19.6. The van der Waals surface area contributed by atoms with Gasteiger partial charge >= 0.3 is 0 Å². The van der Waals surface area contributed by atoms with Gasteiger partial charge in [0.25, 0.3) is 0 Å². The number of ether oxygens (including phenoxy) is 1. The number of benzene rings is 3. The third kappa shape index (κ3) is 5.01. The Kier molecular flexibility index (Phi) is 6.64. The fourth-order valence-electron chi connectivity index (χ4n) is 4.07. The molecule has 4 nitrogen and oxygen atoms in total. The highest BCUT2D eigenvalue weighted by molar-refractivity contribution is 6.00. The van der Waals surface area contributed by atoms with Crippen LogP contribution in [0.4, 0.5) is 0 Å². The van der Waals surface area contributed by atoms with Gasteiger partial charge in [-0.25, -0.2) is 0 Å². The molecule has 0 saturated carbocycles. The van der Waals surface area contributed by atoms with Crippen LogP contribution in [0.25, 0.3) is 27.7 Å². The van der Waals surface area contributed by atoms with Gasteiger partial charge in [0.05, 0.1) is 12.9 Å². The van der Waals surface area contributed by atoms with Crippen LogP contribution in [-0.4, -0.2) is 12.5 Å². The quantitative estimate of drug-likeness (QED) is 0.321. The zero-order chi connectivity index (χ0) is 23.4. The Morgan fingerprint density at radius 2 is 1.82 bits per heavy atom. The van der Waals surface area contributed by atoms with Gasteiger partial charge in [-0.2, -0.15) is 0 Å². The molecule has 0 spiro atoms. The number of allylic oxidation sites excluding steroid dienone is 1. The van der Waals surface area contributed by atoms with Crippen LogP contribution >= 0.6 is 0 Å². The van der Waals surface area contributed by atoms with E-state index in [1.165, 1.54) is 11.1 Å². The summed E-state index contributed by atoms with van der Waals surface area (Å²) in [4.78, 5) is 12.6. The van der Waals surface area contributed by atoms with Crippen LogP contribution in [0, 0.1) is 13.8 Å². The maximum atomic E-state index is 12.6. The van der Waals surface area contributed by atoms with Crippen molar-refractivity contribution in [2.24, 2.45) is 0 Å². The Bertz CT molecular complexity index is 1320. The van der Waals surface area contributed by atoms with Crippen molar-refractivity contribution in [2.45, 2.75) is 34.2 Å². The number of rotatable bonds is 7. The number of hydrogen-bond donors (Lipinski definition) is 1.